The van der Waals surface area contributed by atoms with Crippen LogP contribution in [0.15, 0.2) is 22.8 Å². The Morgan fingerprint density at radius 1 is 1.67 bits per heavy atom. The van der Waals surface area contributed by atoms with E-state index in [0.717, 1.165) is 19.5 Å². The van der Waals surface area contributed by atoms with Crippen LogP contribution in [0.1, 0.15) is 17.0 Å². The summed E-state index contributed by atoms with van der Waals surface area (Å²) in [5.41, 5.74) is 0. The molecule has 2 rings (SSSR count). The van der Waals surface area contributed by atoms with Crippen molar-refractivity contribution >= 4 is 5.78 Å². The number of rotatable bonds is 5. The molecule has 15 heavy (non-hydrogen) atoms. The predicted molar refractivity (Wildman–Crippen MR) is 54.8 cm³/mol. The normalized spacial score (nSPS) is 20.7. The van der Waals surface area contributed by atoms with Crippen LogP contribution in [0.2, 0.25) is 0 Å². The van der Waals surface area contributed by atoms with E-state index >= 15 is 0 Å². The second kappa shape index (κ2) is 5.09. The highest BCUT2D eigenvalue weighted by atomic mass is 16.5. The third-order valence-electron chi connectivity index (χ3n) is 2.55. The average molecular weight is 209 g/mol. The van der Waals surface area contributed by atoms with Crippen molar-refractivity contribution in [2.75, 3.05) is 26.3 Å². The molecule has 0 radical (unpaired) electrons. The minimum Gasteiger partial charge on any atom is -0.461 e. The molecule has 1 saturated heterocycles. The molecule has 0 bridgehead atoms. The van der Waals surface area contributed by atoms with Crippen LogP contribution in [0, 0.1) is 5.92 Å². The van der Waals surface area contributed by atoms with E-state index in [4.69, 9.17) is 9.15 Å². The largest absolute Gasteiger partial charge is 0.461 e. The first-order valence-electron chi connectivity index (χ1n) is 5.21. The molecule has 0 saturated carbocycles. The highest BCUT2D eigenvalue weighted by molar-refractivity contribution is 5.94. The number of hydrogen-bond donors (Lipinski definition) is 1. The van der Waals surface area contributed by atoms with Gasteiger partial charge in [0, 0.05) is 6.54 Å². The Hall–Kier alpha value is -1.13. The summed E-state index contributed by atoms with van der Waals surface area (Å²) in [5.74, 6) is 0.833. The first kappa shape index (κ1) is 10.4. The highest BCUT2D eigenvalue weighted by Crippen LogP contribution is 2.08. The molecule has 4 heteroatoms. The lowest BCUT2D eigenvalue weighted by Gasteiger charge is -2.07. The maximum absolute atomic E-state index is 11.4. The van der Waals surface area contributed by atoms with Crippen molar-refractivity contribution < 1.29 is 13.9 Å². The second-order valence-corrected chi connectivity index (χ2v) is 3.77. The number of ketones is 1. The van der Waals surface area contributed by atoms with Gasteiger partial charge < -0.3 is 14.5 Å². The fraction of sp³-hybridized carbons (Fsp3) is 0.545. The fourth-order valence-electron chi connectivity index (χ4n) is 1.68. The van der Waals surface area contributed by atoms with Gasteiger partial charge >= 0.3 is 0 Å². The summed E-state index contributed by atoms with van der Waals surface area (Å²) in [4.78, 5) is 11.4. The minimum atomic E-state index is -0.0917. The zero-order valence-electron chi connectivity index (χ0n) is 8.57. The molecule has 2 heterocycles. The van der Waals surface area contributed by atoms with Gasteiger partial charge in [0.05, 0.1) is 12.9 Å². The van der Waals surface area contributed by atoms with Gasteiger partial charge in [0.15, 0.2) is 5.76 Å². The van der Waals surface area contributed by atoms with Gasteiger partial charge in [0.2, 0.25) is 5.78 Å². The van der Waals surface area contributed by atoms with Crippen LogP contribution in [0.25, 0.3) is 0 Å². The van der Waals surface area contributed by atoms with E-state index in [1.54, 1.807) is 12.1 Å². The van der Waals surface area contributed by atoms with Crippen LogP contribution in [-0.4, -0.2) is 32.1 Å². The predicted octanol–water partition coefficient (Wildman–Crippen LogP) is 1.09. The average Bonchev–Trinajstić information content (AvgIpc) is 2.90. The lowest BCUT2D eigenvalue weighted by atomic mass is 10.1. The molecule has 1 aliphatic heterocycles. The molecule has 0 aliphatic carbocycles. The number of hydrogen-bond acceptors (Lipinski definition) is 4. The Morgan fingerprint density at radius 2 is 2.60 bits per heavy atom. The van der Waals surface area contributed by atoms with Gasteiger partial charge in [0.1, 0.15) is 6.61 Å². The van der Waals surface area contributed by atoms with E-state index < -0.39 is 0 Å². The van der Waals surface area contributed by atoms with Gasteiger partial charge in [-0.3, -0.25) is 4.79 Å². The lowest BCUT2D eigenvalue weighted by molar-refractivity contribution is 0.0667. The Bertz CT molecular complexity index is 302. The molecule has 1 aliphatic rings. The van der Waals surface area contributed by atoms with E-state index in [0.29, 0.717) is 18.3 Å². The molecular weight excluding hydrogens is 194 g/mol. The maximum atomic E-state index is 11.4. The number of nitrogens with one attached hydrogen (secondary N) is 1. The van der Waals surface area contributed by atoms with E-state index in [1.807, 2.05) is 0 Å². The first-order valence-corrected chi connectivity index (χ1v) is 5.21. The third kappa shape index (κ3) is 2.91. The summed E-state index contributed by atoms with van der Waals surface area (Å²) >= 11 is 0. The van der Waals surface area contributed by atoms with Gasteiger partial charge in [-0.15, -0.1) is 0 Å². The molecule has 1 atom stereocenters. The summed E-state index contributed by atoms with van der Waals surface area (Å²) in [6.07, 6.45) is 2.63. The summed E-state index contributed by atoms with van der Waals surface area (Å²) in [5, 5.41) is 3.25. The molecular formula is C11H15NO3. The van der Waals surface area contributed by atoms with Crippen LogP contribution >= 0.6 is 0 Å². The molecule has 1 aromatic rings. The summed E-state index contributed by atoms with van der Waals surface area (Å²) in [6.45, 7) is 2.82. The molecule has 82 valence electrons. The van der Waals surface area contributed by atoms with Crippen molar-refractivity contribution in [3.05, 3.63) is 24.2 Å². The zero-order chi connectivity index (χ0) is 10.5. The van der Waals surface area contributed by atoms with Crippen LogP contribution in [0.3, 0.4) is 0 Å². The number of carbonyl (C=O) groups is 1. The van der Waals surface area contributed by atoms with Gasteiger partial charge in [-0.1, -0.05) is 0 Å². The molecule has 0 spiro atoms. The van der Waals surface area contributed by atoms with Crippen molar-refractivity contribution in [1.82, 2.24) is 5.32 Å². The molecule has 1 aromatic heterocycles. The van der Waals surface area contributed by atoms with Crippen LogP contribution < -0.4 is 5.32 Å². The Morgan fingerprint density at radius 3 is 3.27 bits per heavy atom. The number of ether oxygens (including phenoxy) is 1. The standard InChI is InChI=1S/C11H15NO3/c13-10(11-2-1-5-15-11)8-14-7-9-3-4-12-6-9/h1-2,5,9,12H,3-4,6-8H2/t9-/m1/s1. The summed E-state index contributed by atoms with van der Waals surface area (Å²) in [6, 6.07) is 3.36. The fourth-order valence-corrected chi connectivity index (χ4v) is 1.68. The number of carbonyl (C=O) groups excluding carboxylic acids is 1. The van der Waals surface area contributed by atoms with Crippen molar-refractivity contribution in [2.24, 2.45) is 5.92 Å². The summed E-state index contributed by atoms with van der Waals surface area (Å²) < 4.78 is 10.3. The molecule has 0 unspecified atom stereocenters. The Labute approximate surface area is 88.6 Å². The van der Waals surface area contributed by atoms with Crippen molar-refractivity contribution in [3.63, 3.8) is 0 Å². The molecule has 0 aromatic carbocycles. The zero-order valence-corrected chi connectivity index (χ0v) is 8.57. The van der Waals surface area contributed by atoms with Gasteiger partial charge in [-0.25, -0.2) is 0 Å². The quantitative estimate of drug-likeness (QED) is 0.737. The topological polar surface area (TPSA) is 51.5 Å². The van der Waals surface area contributed by atoms with E-state index in [1.165, 1.54) is 6.26 Å². The number of Topliss-reactive ketones (excluding diaryl/α,β-unsaturated/α-hetero) is 1. The SMILES string of the molecule is O=C(COC[C@@H]1CCNC1)c1ccco1. The van der Waals surface area contributed by atoms with Crippen LogP contribution in [-0.2, 0) is 4.74 Å². The van der Waals surface area contributed by atoms with Crippen molar-refractivity contribution in [1.29, 1.82) is 0 Å². The molecule has 1 fully saturated rings. The minimum absolute atomic E-state index is 0.0917. The van der Waals surface area contributed by atoms with Gasteiger partial charge in [-0.2, -0.15) is 0 Å². The van der Waals surface area contributed by atoms with Gasteiger partial charge in [-0.05, 0) is 31.0 Å². The Balaban J connectivity index is 1.67. The smallest absolute Gasteiger partial charge is 0.223 e. The maximum Gasteiger partial charge on any atom is 0.223 e. The molecule has 1 N–H and O–H groups in total. The third-order valence-corrected chi connectivity index (χ3v) is 2.55. The van der Waals surface area contributed by atoms with Gasteiger partial charge in [0.25, 0.3) is 0 Å². The summed E-state index contributed by atoms with van der Waals surface area (Å²) in [7, 11) is 0. The van der Waals surface area contributed by atoms with Crippen LogP contribution in [0.4, 0.5) is 0 Å². The van der Waals surface area contributed by atoms with Crippen molar-refractivity contribution in [3.8, 4) is 0 Å². The van der Waals surface area contributed by atoms with E-state index in [9.17, 15) is 4.79 Å². The first-order chi connectivity index (χ1) is 7.36. The Kier molecular flexibility index (Phi) is 3.53. The number of furan rings is 1. The van der Waals surface area contributed by atoms with Crippen LogP contribution in [0.5, 0.6) is 0 Å². The second-order valence-electron chi connectivity index (χ2n) is 3.77. The lowest BCUT2D eigenvalue weighted by Crippen LogP contribution is -2.17. The molecule has 0 amide bonds. The monoisotopic (exact) mass is 209 g/mol. The molecule has 4 nitrogen and oxygen atoms in total. The highest BCUT2D eigenvalue weighted by Gasteiger charge is 2.15. The van der Waals surface area contributed by atoms with E-state index in [2.05, 4.69) is 5.32 Å². The van der Waals surface area contributed by atoms with Crippen molar-refractivity contribution in [2.45, 2.75) is 6.42 Å². The van der Waals surface area contributed by atoms with E-state index in [-0.39, 0.29) is 12.4 Å².